The molecule has 0 saturated carbocycles. The topological polar surface area (TPSA) is 0 Å². The summed E-state index contributed by atoms with van der Waals surface area (Å²) in [5, 5.41) is 6.98. The van der Waals surface area contributed by atoms with Gasteiger partial charge in [-0.15, -0.1) is 39.7 Å². The minimum atomic E-state index is 0. The van der Waals surface area contributed by atoms with Gasteiger partial charge in [0.05, 0.1) is 0 Å². The van der Waals surface area contributed by atoms with Crippen molar-refractivity contribution in [1.29, 1.82) is 0 Å². The monoisotopic (exact) mass is 764 g/mol. The van der Waals surface area contributed by atoms with Crippen molar-refractivity contribution in [2.75, 3.05) is 0 Å². The smallest absolute Gasteiger partial charge is 1.00 e. The molecule has 1 unspecified atom stereocenters. The van der Waals surface area contributed by atoms with Crippen LogP contribution in [-0.2, 0) is 24.2 Å². The van der Waals surface area contributed by atoms with E-state index < -0.39 is 0 Å². The molecule has 0 aliphatic heterocycles. The maximum atomic E-state index is 5.98. The molecule has 240 valence electrons. The molecule has 0 fully saturated rings. The molecule has 0 N–H and O–H groups in total. The largest absolute Gasteiger partial charge is 1.00 e. The molecule has 6 rings (SSSR count). The second kappa shape index (κ2) is 18.6. The van der Waals surface area contributed by atoms with Crippen LogP contribution in [0.3, 0.4) is 0 Å². The zero-order chi connectivity index (χ0) is 31.9. The zero-order valence-corrected chi connectivity index (χ0v) is 33.0. The van der Waals surface area contributed by atoms with Gasteiger partial charge in [-0.2, -0.15) is 11.6 Å². The minimum Gasteiger partial charge on any atom is -1.00 e. The Morgan fingerprint density at radius 2 is 1.28 bits per heavy atom. The molecule has 0 saturated heterocycles. The van der Waals surface area contributed by atoms with Gasteiger partial charge in [-0.1, -0.05) is 93.7 Å². The predicted molar refractivity (Wildman–Crippen MR) is 191 cm³/mol. The van der Waals surface area contributed by atoms with Crippen LogP contribution in [0, 0.1) is 31.3 Å². The quantitative estimate of drug-likeness (QED) is 0.178. The van der Waals surface area contributed by atoms with Crippen molar-refractivity contribution in [3.8, 4) is 0 Å². The third-order valence-electron chi connectivity index (χ3n) is 7.81. The van der Waals surface area contributed by atoms with Crippen molar-refractivity contribution >= 4 is 48.0 Å². The molecular formula is C41H42Cl4Zr-2. The third kappa shape index (κ3) is 11.4. The standard InChI is InChI=1S/C15H13.C13H8Cl2.C13H21.2ClH.Zr/c1-10-3-5-14-12(7-10)9-13-8-11(2)4-6-15(13)14;14-12-5-1-3-10(8-12)7-11-4-2-6-13(15)9-11;1-5-6-7-11-8-9-12(10-11)13(2,3)4;;;/h3-9H,1-2H3;1-6,8-9H;9-11H,5-7H2,1-4H3;2*1H;/q-1;;-1;;;+2/p-2. The molecule has 5 aromatic carbocycles. The first-order valence-corrected chi connectivity index (χ1v) is 17.4. The molecule has 0 radical (unpaired) electrons. The summed E-state index contributed by atoms with van der Waals surface area (Å²) >= 11 is 13.3. The Morgan fingerprint density at radius 1 is 0.783 bits per heavy atom. The van der Waals surface area contributed by atoms with Crippen LogP contribution in [-0.4, -0.2) is 3.21 Å². The Labute approximate surface area is 313 Å². The molecule has 0 amide bonds. The molecule has 1 atom stereocenters. The summed E-state index contributed by atoms with van der Waals surface area (Å²) in [4.78, 5) is 0. The molecule has 0 aromatic heterocycles. The van der Waals surface area contributed by atoms with Crippen LogP contribution in [0.5, 0.6) is 0 Å². The fourth-order valence-electron chi connectivity index (χ4n) is 5.28. The van der Waals surface area contributed by atoms with Gasteiger partial charge in [0.15, 0.2) is 0 Å². The number of benzene rings is 4. The maximum absolute atomic E-state index is 5.98. The van der Waals surface area contributed by atoms with E-state index in [2.05, 4.69) is 114 Å². The van der Waals surface area contributed by atoms with E-state index in [1.807, 2.05) is 36.4 Å². The summed E-state index contributed by atoms with van der Waals surface area (Å²) in [7, 11) is 0. The number of rotatable bonds is 5. The Balaban J connectivity index is 0.000000236. The number of hydrogen-bond donors (Lipinski definition) is 0. The van der Waals surface area contributed by atoms with Gasteiger partial charge in [0.25, 0.3) is 0 Å². The Kier molecular flexibility index (Phi) is 16.3. The zero-order valence-electron chi connectivity index (χ0n) is 27.5. The van der Waals surface area contributed by atoms with Crippen LogP contribution < -0.4 is 24.8 Å². The van der Waals surface area contributed by atoms with Gasteiger partial charge in [-0.3, -0.25) is 6.08 Å². The molecule has 46 heavy (non-hydrogen) atoms. The van der Waals surface area contributed by atoms with Gasteiger partial charge < -0.3 is 24.8 Å². The van der Waals surface area contributed by atoms with Gasteiger partial charge >= 0.3 is 120 Å². The summed E-state index contributed by atoms with van der Waals surface area (Å²) in [5.41, 5.74) is 6.73. The van der Waals surface area contributed by atoms with Crippen LogP contribution in [0.1, 0.15) is 69.2 Å². The third-order valence-corrected chi connectivity index (χ3v) is 9.70. The number of allylic oxidation sites excluding steroid dienone is 4. The van der Waals surface area contributed by atoms with Crippen molar-refractivity contribution in [3.63, 3.8) is 0 Å². The van der Waals surface area contributed by atoms with E-state index in [9.17, 15) is 0 Å². The summed E-state index contributed by atoms with van der Waals surface area (Å²) in [6.45, 7) is 13.3. The van der Waals surface area contributed by atoms with Crippen LogP contribution in [0.15, 0.2) is 109 Å². The molecule has 0 heterocycles. The molecule has 1 aliphatic carbocycles. The second-order valence-electron chi connectivity index (χ2n) is 12.7. The first-order valence-electron chi connectivity index (χ1n) is 15.4. The average molecular weight is 768 g/mol. The van der Waals surface area contributed by atoms with E-state index in [4.69, 9.17) is 23.2 Å². The van der Waals surface area contributed by atoms with Gasteiger partial charge in [-0.05, 0) is 13.8 Å². The molecular weight excluding hydrogens is 725 g/mol. The van der Waals surface area contributed by atoms with Crippen LogP contribution >= 0.6 is 23.2 Å². The normalized spacial score (nSPS) is 13.5. The summed E-state index contributed by atoms with van der Waals surface area (Å²) < 4.78 is 1.26. The average Bonchev–Trinajstić information content (AvgIpc) is 3.60. The first-order chi connectivity index (χ1) is 20.9. The minimum absolute atomic E-state index is 0. The van der Waals surface area contributed by atoms with Crippen molar-refractivity contribution in [2.45, 2.75) is 60.8 Å². The van der Waals surface area contributed by atoms with Crippen molar-refractivity contribution in [3.05, 3.63) is 147 Å². The fraction of sp³-hybridized carbons (Fsp3) is 0.268. The van der Waals surface area contributed by atoms with Crippen LogP contribution in [0.4, 0.5) is 0 Å². The molecule has 0 nitrogen and oxygen atoms in total. The van der Waals surface area contributed by atoms with Crippen LogP contribution in [0.2, 0.25) is 10.0 Å². The van der Waals surface area contributed by atoms with E-state index in [0.29, 0.717) is 11.3 Å². The Bertz CT molecular complexity index is 1700. The molecule has 5 aromatic rings. The summed E-state index contributed by atoms with van der Waals surface area (Å²) in [5.74, 6) is 0.592. The molecule has 0 spiro atoms. The predicted octanol–water partition coefficient (Wildman–Crippen LogP) is 6.58. The second-order valence-corrected chi connectivity index (χ2v) is 14.8. The maximum Gasteiger partial charge on any atom is -1.00 e. The SMILES string of the molecule is CCCCC1[C-]=CC(C(C)(C)C)=C1.Cc1ccc2c(c1)[cH-]c1cc(C)ccc12.Clc1cccc([C](=[Zr+2])c2cccc(Cl)c2)c1.[Cl-].[Cl-]. The number of hydrogen-bond acceptors (Lipinski definition) is 0. The van der Waals surface area contributed by atoms with Crippen molar-refractivity contribution < 1.29 is 49.0 Å². The van der Waals surface area contributed by atoms with E-state index in [1.54, 1.807) is 0 Å². The van der Waals surface area contributed by atoms with Crippen LogP contribution in [0.25, 0.3) is 21.5 Å². The summed E-state index contributed by atoms with van der Waals surface area (Å²) in [6.07, 6.45) is 11.9. The number of halogens is 4. The Hall–Kier alpha value is -1.86. The van der Waals surface area contributed by atoms with E-state index in [-0.39, 0.29) is 24.8 Å². The van der Waals surface area contributed by atoms with Gasteiger partial charge in [0, 0.05) is 0 Å². The Morgan fingerprint density at radius 3 is 1.70 bits per heavy atom. The van der Waals surface area contributed by atoms with Crippen molar-refractivity contribution in [1.82, 2.24) is 0 Å². The number of aryl methyl sites for hydroxylation is 2. The molecule has 1 aliphatic rings. The van der Waals surface area contributed by atoms with E-state index in [1.165, 1.54) is 84.9 Å². The molecule has 5 heteroatoms. The number of unbranched alkanes of at least 4 members (excludes halogenated alkanes) is 1. The van der Waals surface area contributed by atoms with Crippen molar-refractivity contribution in [2.24, 2.45) is 11.3 Å². The van der Waals surface area contributed by atoms with Gasteiger partial charge in [-0.25, -0.2) is 6.08 Å². The van der Waals surface area contributed by atoms with Gasteiger partial charge in [0.2, 0.25) is 0 Å². The first kappa shape index (κ1) is 40.3. The fourth-order valence-corrected chi connectivity index (χ4v) is 6.43. The van der Waals surface area contributed by atoms with E-state index >= 15 is 0 Å². The number of fused-ring (bicyclic) bond motifs is 3. The van der Waals surface area contributed by atoms with E-state index in [0.717, 1.165) is 21.2 Å². The summed E-state index contributed by atoms with van der Waals surface area (Å²) in [6, 6.07) is 31.4. The molecule has 0 bridgehead atoms. The van der Waals surface area contributed by atoms with Gasteiger partial charge in [0.1, 0.15) is 0 Å².